The molecule has 0 aliphatic heterocycles. The average molecular weight is 328 g/mol. The number of rotatable bonds is 5. The fourth-order valence-electron chi connectivity index (χ4n) is 1.92. The molecule has 0 fully saturated rings. The Labute approximate surface area is 138 Å². The first-order valence-electron chi connectivity index (χ1n) is 6.84. The molecule has 1 N–H and O–H groups in total. The van der Waals surface area contributed by atoms with E-state index in [1.165, 1.54) is 5.56 Å². The van der Waals surface area contributed by atoms with Gasteiger partial charge in [0, 0.05) is 16.3 Å². The molecule has 0 saturated heterocycles. The van der Waals surface area contributed by atoms with Crippen molar-refractivity contribution < 1.29 is 0 Å². The van der Waals surface area contributed by atoms with E-state index >= 15 is 0 Å². The van der Waals surface area contributed by atoms with Crippen molar-refractivity contribution in [2.45, 2.75) is 5.16 Å². The zero-order valence-electron chi connectivity index (χ0n) is 11.7. The molecule has 1 aromatic heterocycles. The van der Waals surface area contributed by atoms with Crippen LogP contribution in [0.1, 0.15) is 5.56 Å². The molecule has 5 heteroatoms. The van der Waals surface area contributed by atoms with Crippen molar-refractivity contribution in [3.05, 3.63) is 71.3 Å². The van der Waals surface area contributed by atoms with E-state index in [9.17, 15) is 0 Å². The third-order valence-corrected chi connectivity index (χ3v) is 4.05. The highest BCUT2D eigenvalue weighted by Crippen LogP contribution is 2.21. The maximum Gasteiger partial charge on any atom is 0.209 e. The van der Waals surface area contributed by atoms with Crippen LogP contribution in [0, 0.1) is 0 Å². The van der Waals surface area contributed by atoms with Gasteiger partial charge in [0.2, 0.25) is 5.16 Å². The first kappa shape index (κ1) is 14.9. The molecular weight excluding hydrogens is 314 g/mol. The van der Waals surface area contributed by atoms with E-state index < -0.39 is 0 Å². The summed E-state index contributed by atoms with van der Waals surface area (Å²) in [5.74, 6) is 1.58. The van der Waals surface area contributed by atoms with Crippen LogP contribution in [0.2, 0.25) is 5.02 Å². The van der Waals surface area contributed by atoms with Crippen LogP contribution < -0.4 is 0 Å². The van der Waals surface area contributed by atoms with Gasteiger partial charge in [-0.25, -0.2) is 4.98 Å². The van der Waals surface area contributed by atoms with Crippen molar-refractivity contribution in [1.29, 1.82) is 0 Å². The minimum Gasteiger partial charge on any atom is -0.258 e. The van der Waals surface area contributed by atoms with Crippen molar-refractivity contribution >= 4 is 29.4 Å². The number of aromatic amines is 1. The molecule has 0 atom stereocenters. The van der Waals surface area contributed by atoms with Crippen molar-refractivity contribution in [3.8, 4) is 11.4 Å². The molecule has 110 valence electrons. The second kappa shape index (κ2) is 7.29. The van der Waals surface area contributed by atoms with E-state index in [1.807, 2.05) is 42.5 Å². The molecule has 2 aromatic carbocycles. The maximum atomic E-state index is 5.88. The van der Waals surface area contributed by atoms with Crippen LogP contribution in [0.3, 0.4) is 0 Å². The fourth-order valence-corrected chi connectivity index (χ4v) is 2.65. The monoisotopic (exact) mass is 327 g/mol. The Morgan fingerprint density at radius 1 is 1.05 bits per heavy atom. The molecule has 3 rings (SSSR count). The number of H-pyrrole nitrogens is 1. The fraction of sp³-hybridized carbons (Fsp3) is 0.0588. The van der Waals surface area contributed by atoms with Gasteiger partial charge in [-0.3, -0.25) is 5.10 Å². The number of halogens is 1. The zero-order valence-corrected chi connectivity index (χ0v) is 13.3. The number of nitrogens with one attached hydrogen (secondary N) is 1. The molecule has 0 bridgehead atoms. The third-order valence-electron chi connectivity index (χ3n) is 3.00. The van der Waals surface area contributed by atoms with Crippen LogP contribution >= 0.6 is 23.4 Å². The van der Waals surface area contributed by atoms with Crippen LogP contribution in [0.4, 0.5) is 0 Å². The van der Waals surface area contributed by atoms with Gasteiger partial charge in [0.25, 0.3) is 0 Å². The molecule has 0 radical (unpaired) electrons. The normalized spacial score (nSPS) is 11.1. The average Bonchev–Trinajstić information content (AvgIpc) is 3.02. The number of benzene rings is 2. The van der Waals surface area contributed by atoms with Crippen LogP contribution in [-0.2, 0) is 0 Å². The number of nitrogens with zero attached hydrogens (tertiary/aromatic N) is 2. The summed E-state index contributed by atoms with van der Waals surface area (Å²) in [7, 11) is 0. The Hall–Kier alpha value is -2.04. The van der Waals surface area contributed by atoms with Gasteiger partial charge in [-0.05, 0) is 29.8 Å². The summed E-state index contributed by atoms with van der Waals surface area (Å²) in [6, 6.07) is 17.8. The smallest absolute Gasteiger partial charge is 0.209 e. The second-order valence-electron chi connectivity index (χ2n) is 4.60. The van der Waals surface area contributed by atoms with Gasteiger partial charge >= 0.3 is 0 Å². The quantitative estimate of drug-likeness (QED) is 0.675. The molecule has 0 unspecified atom stereocenters. The van der Waals surface area contributed by atoms with Crippen molar-refractivity contribution in [2.75, 3.05) is 5.75 Å². The number of hydrogen-bond donors (Lipinski definition) is 1. The number of thioether (sulfide) groups is 1. The van der Waals surface area contributed by atoms with Gasteiger partial charge in [0.1, 0.15) is 0 Å². The van der Waals surface area contributed by atoms with Crippen molar-refractivity contribution in [3.63, 3.8) is 0 Å². The van der Waals surface area contributed by atoms with E-state index in [1.54, 1.807) is 11.8 Å². The highest BCUT2D eigenvalue weighted by molar-refractivity contribution is 7.99. The van der Waals surface area contributed by atoms with Gasteiger partial charge in [-0.2, -0.15) is 0 Å². The van der Waals surface area contributed by atoms with E-state index in [2.05, 4.69) is 39.5 Å². The van der Waals surface area contributed by atoms with Crippen LogP contribution in [-0.4, -0.2) is 20.9 Å². The van der Waals surface area contributed by atoms with Gasteiger partial charge in [0.15, 0.2) is 5.82 Å². The molecule has 0 aliphatic carbocycles. The Kier molecular flexibility index (Phi) is 4.93. The summed E-state index contributed by atoms with van der Waals surface area (Å²) in [4.78, 5) is 4.47. The lowest BCUT2D eigenvalue weighted by Gasteiger charge is -1.95. The summed E-state index contributed by atoms with van der Waals surface area (Å²) in [5.41, 5.74) is 2.17. The van der Waals surface area contributed by atoms with Crippen molar-refractivity contribution in [2.24, 2.45) is 0 Å². The lowest BCUT2D eigenvalue weighted by Crippen LogP contribution is -1.80. The molecule has 0 saturated carbocycles. The number of hydrogen-bond acceptors (Lipinski definition) is 3. The lowest BCUT2D eigenvalue weighted by atomic mass is 10.2. The van der Waals surface area contributed by atoms with E-state index in [4.69, 9.17) is 11.6 Å². The Balaban J connectivity index is 1.58. The van der Waals surface area contributed by atoms with Crippen LogP contribution in [0.25, 0.3) is 17.5 Å². The minimum atomic E-state index is 0.712. The minimum absolute atomic E-state index is 0.712. The van der Waals surface area contributed by atoms with Gasteiger partial charge in [0.05, 0.1) is 0 Å². The summed E-state index contributed by atoms with van der Waals surface area (Å²) >= 11 is 7.47. The lowest BCUT2D eigenvalue weighted by molar-refractivity contribution is 0.975. The predicted molar refractivity (Wildman–Crippen MR) is 93.0 cm³/mol. The molecule has 0 amide bonds. The Morgan fingerprint density at radius 3 is 2.59 bits per heavy atom. The van der Waals surface area contributed by atoms with Crippen molar-refractivity contribution in [1.82, 2.24) is 15.2 Å². The Bertz CT molecular complexity index is 751. The van der Waals surface area contributed by atoms with Gasteiger partial charge in [-0.1, -0.05) is 65.8 Å². The van der Waals surface area contributed by atoms with Gasteiger partial charge < -0.3 is 0 Å². The molecule has 0 spiro atoms. The van der Waals surface area contributed by atoms with E-state index in [-0.39, 0.29) is 0 Å². The first-order valence-corrected chi connectivity index (χ1v) is 8.20. The molecular formula is C17H14ClN3S. The maximum absolute atomic E-state index is 5.88. The summed E-state index contributed by atoms with van der Waals surface area (Å²) in [6.07, 6.45) is 4.21. The third kappa shape index (κ3) is 4.00. The highest BCUT2D eigenvalue weighted by atomic mass is 35.5. The SMILES string of the molecule is Clc1ccc(-c2nc(SC/C=C/c3ccccc3)n[nH]2)cc1. The topological polar surface area (TPSA) is 41.6 Å². The van der Waals surface area contributed by atoms with Gasteiger partial charge in [-0.15, -0.1) is 5.10 Å². The molecule has 0 aliphatic rings. The summed E-state index contributed by atoms with van der Waals surface area (Å²) in [6.45, 7) is 0. The second-order valence-corrected chi connectivity index (χ2v) is 6.02. The largest absolute Gasteiger partial charge is 0.258 e. The molecule has 22 heavy (non-hydrogen) atoms. The number of aromatic nitrogens is 3. The molecule has 3 nitrogen and oxygen atoms in total. The summed E-state index contributed by atoms with van der Waals surface area (Å²) < 4.78 is 0. The zero-order chi connectivity index (χ0) is 15.2. The van der Waals surface area contributed by atoms with E-state index in [0.717, 1.165) is 22.3 Å². The van der Waals surface area contributed by atoms with Crippen LogP contribution in [0.15, 0.2) is 65.8 Å². The molecule has 1 heterocycles. The Morgan fingerprint density at radius 2 is 1.82 bits per heavy atom. The highest BCUT2D eigenvalue weighted by Gasteiger charge is 2.05. The van der Waals surface area contributed by atoms with E-state index in [0.29, 0.717) is 5.02 Å². The standard InChI is InChI=1S/C17H14ClN3S/c18-15-10-8-14(9-11-15)16-19-17(21-20-16)22-12-4-7-13-5-2-1-3-6-13/h1-11H,12H2,(H,19,20,21)/b7-4+. The van der Waals surface area contributed by atoms with Crippen LogP contribution in [0.5, 0.6) is 0 Å². The predicted octanol–water partition coefficient (Wildman–Crippen LogP) is 4.93. The molecule has 3 aromatic rings. The first-order chi connectivity index (χ1) is 10.8. The summed E-state index contributed by atoms with van der Waals surface area (Å²) in [5, 5.41) is 8.62.